The molecule has 0 heterocycles. The molecule has 0 aromatic heterocycles. The number of amides is 2. The number of nitrogens with zero attached hydrogens (tertiary/aromatic N) is 1. The number of hydrogen-bond acceptors (Lipinski definition) is 3. The van der Waals surface area contributed by atoms with Gasteiger partial charge in [0.05, 0.1) is 28.0 Å². The normalized spacial score (nSPS) is 10.5. The highest BCUT2D eigenvalue weighted by Crippen LogP contribution is 2.29. The first-order valence-corrected chi connectivity index (χ1v) is 9.55. The zero-order valence-electron chi connectivity index (χ0n) is 14.0. The summed E-state index contributed by atoms with van der Waals surface area (Å²) in [4.78, 5) is 26.3. The van der Waals surface area contributed by atoms with E-state index in [0.717, 1.165) is 11.8 Å². The first-order chi connectivity index (χ1) is 12.4. The standard InChI is InChI=1S/C18H17Cl2FN2O2S/c1-2-23(17(25)11-26-15-9-4-3-8-14(15)21)10-16(24)22-18-12(19)6-5-7-13(18)20/h3-9H,2,10-11H2,1H3,(H,22,24). The minimum atomic E-state index is -0.411. The first-order valence-electron chi connectivity index (χ1n) is 7.81. The molecule has 2 rings (SSSR count). The number of halogens is 3. The molecular formula is C18H17Cl2FN2O2S. The summed E-state index contributed by atoms with van der Waals surface area (Å²) in [5.41, 5.74) is 0.310. The Labute approximate surface area is 165 Å². The van der Waals surface area contributed by atoms with Crippen molar-refractivity contribution in [3.05, 3.63) is 58.3 Å². The molecule has 0 spiro atoms. The van der Waals surface area contributed by atoms with Crippen LogP contribution in [0, 0.1) is 5.82 Å². The Morgan fingerprint density at radius 3 is 2.38 bits per heavy atom. The molecule has 1 N–H and O–H groups in total. The van der Waals surface area contributed by atoms with E-state index in [0.29, 0.717) is 27.2 Å². The number of nitrogens with one attached hydrogen (secondary N) is 1. The molecule has 2 aromatic rings. The summed E-state index contributed by atoms with van der Waals surface area (Å²) in [6.45, 7) is 1.97. The molecule has 138 valence electrons. The average Bonchev–Trinajstić information content (AvgIpc) is 2.62. The number of carbonyl (C=O) groups is 2. The number of thioether (sulfide) groups is 1. The monoisotopic (exact) mass is 414 g/mol. The van der Waals surface area contributed by atoms with Crippen LogP contribution in [0.4, 0.5) is 10.1 Å². The van der Waals surface area contributed by atoms with Crippen LogP contribution in [-0.4, -0.2) is 35.6 Å². The van der Waals surface area contributed by atoms with E-state index in [9.17, 15) is 14.0 Å². The molecule has 0 bridgehead atoms. The van der Waals surface area contributed by atoms with Gasteiger partial charge in [-0.2, -0.15) is 0 Å². The highest BCUT2D eigenvalue weighted by atomic mass is 35.5. The van der Waals surface area contributed by atoms with Crippen LogP contribution in [0.3, 0.4) is 0 Å². The van der Waals surface area contributed by atoms with Gasteiger partial charge in [0.2, 0.25) is 11.8 Å². The number of hydrogen-bond donors (Lipinski definition) is 1. The van der Waals surface area contributed by atoms with Crippen LogP contribution in [0.1, 0.15) is 6.92 Å². The summed E-state index contributed by atoms with van der Waals surface area (Å²) < 4.78 is 13.6. The lowest BCUT2D eigenvalue weighted by atomic mass is 10.3. The minimum absolute atomic E-state index is 0.0366. The maximum atomic E-state index is 13.6. The quantitative estimate of drug-likeness (QED) is 0.667. The molecule has 0 saturated heterocycles. The number of rotatable bonds is 7. The van der Waals surface area contributed by atoms with E-state index in [1.807, 2.05) is 0 Å². The highest BCUT2D eigenvalue weighted by molar-refractivity contribution is 8.00. The van der Waals surface area contributed by atoms with Crippen LogP contribution in [0.2, 0.25) is 10.0 Å². The van der Waals surface area contributed by atoms with Crippen LogP contribution in [0.25, 0.3) is 0 Å². The smallest absolute Gasteiger partial charge is 0.244 e. The van der Waals surface area contributed by atoms with E-state index in [4.69, 9.17) is 23.2 Å². The molecule has 0 fully saturated rings. The summed E-state index contributed by atoms with van der Waals surface area (Å²) in [7, 11) is 0. The van der Waals surface area contributed by atoms with Crippen molar-refractivity contribution in [1.29, 1.82) is 0 Å². The fourth-order valence-corrected chi connectivity index (χ4v) is 3.47. The van der Waals surface area contributed by atoms with Gasteiger partial charge in [-0.1, -0.05) is 41.4 Å². The lowest BCUT2D eigenvalue weighted by Gasteiger charge is -2.20. The molecule has 0 unspecified atom stereocenters. The van der Waals surface area contributed by atoms with Gasteiger partial charge in [-0.3, -0.25) is 9.59 Å². The largest absolute Gasteiger partial charge is 0.333 e. The van der Waals surface area contributed by atoms with Crippen LogP contribution in [0.15, 0.2) is 47.4 Å². The number of para-hydroxylation sites is 1. The molecule has 0 radical (unpaired) electrons. The molecule has 0 aliphatic rings. The molecule has 26 heavy (non-hydrogen) atoms. The molecule has 2 aromatic carbocycles. The summed E-state index contributed by atoms with van der Waals surface area (Å²) in [5.74, 6) is -1.01. The molecule has 0 aliphatic carbocycles. The third kappa shape index (κ3) is 5.62. The van der Waals surface area contributed by atoms with E-state index in [1.165, 1.54) is 11.0 Å². The second-order valence-electron chi connectivity index (χ2n) is 5.27. The Morgan fingerprint density at radius 2 is 1.77 bits per heavy atom. The van der Waals surface area contributed by atoms with Crippen LogP contribution < -0.4 is 5.32 Å². The second kappa shape index (κ2) is 9.80. The molecule has 4 nitrogen and oxygen atoms in total. The topological polar surface area (TPSA) is 49.4 Å². The van der Waals surface area contributed by atoms with Crippen LogP contribution in [-0.2, 0) is 9.59 Å². The Hall–Kier alpha value is -1.76. The highest BCUT2D eigenvalue weighted by Gasteiger charge is 2.18. The Balaban J connectivity index is 1.94. The predicted octanol–water partition coefficient (Wildman–Crippen LogP) is 4.71. The van der Waals surface area contributed by atoms with E-state index in [-0.39, 0.29) is 24.0 Å². The lowest BCUT2D eigenvalue weighted by Crippen LogP contribution is -2.38. The van der Waals surface area contributed by atoms with Gasteiger partial charge < -0.3 is 10.2 Å². The maximum Gasteiger partial charge on any atom is 0.244 e. The Kier molecular flexibility index (Phi) is 7.75. The Bertz CT molecular complexity index is 784. The van der Waals surface area contributed by atoms with Crippen molar-refractivity contribution >= 4 is 52.5 Å². The molecule has 0 aliphatic heterocycles. The maximum absolute atomic E-state index is 13.6. The predicted molar refractivity (Wildman–Crippen MR) is 104 cm³/mol. The van der Waals surface area contributed by atoms with Gasteiger partial charge >= 0.3 is 0 Å². The van der Waals surface area contributed by atoms with Crippen molar-refractivity contribution in [1.82, 2.24) is 4.90 Å². The number of benzene rings is 2. The van der Waals surface area contributed by atoms with E-state index >= 15 is 0 Å². The van der Waals surface area contributed by atoms with Crippen molar-refractivity contribution in [3.63, 3.8) is 0 Å². The van der Waals surface area contributed by atoms with E-state index < -0.39 is 5.91 Å². The van der Waals surface area contributed by atoms with Gasteiger partial charge in [0.25, 0.3) is 0 Å². The van der Waals surface area contributed by atoms with Crippen molar-refractivity contribution in [2.75, 3.05) is 24.2 Å². The fourth-order valence-electron chi connectivity index (χ4n) is 2.14. The van der Waals surface area contributed by atoms with Crippen molar-refractivity contribution in [2.45, 2.75) is 11.8 Å². The zero-order chi connectivity index (χ0) is 19.1. The molecule has 2 amide bonds. The average molecular weight is 415 g/mol. The third-order valence-electron chi connectivity index (χ3n) is 3.48. The molecule has 0 saturated carbocycles. The van der Waals surface area contributed by atoms with Gasteiger partial charge in [-0.25, -0.2) is 4.39 Å². The zero-order valence-corrected chi connectivity index (χ0v) is 16.3. The van der Waals surface area contributed by atoms with Gasteiger partial charge in [-0.15, -0.1) is 11.8 Å². The minimum Gasteiger partial charge on any atom is -0.333 e. The van der Waals surface area contributed by atoms with Gasteiger partial charge in [0.15, 0.2) is 0 Å². The molecular weight excluding hydrogens is 398 g/mol. The second-order valence-corrected chi connectivity index (χ2v) is 7.10. The molecule has 8 heteroatoms. The third-order valence-corrected chi connectivity index (χ3v) is 5.15. The summed E-state index contributed by atoms with van der Waals surface area (Å²) in [5, 5.41) is 3.25. The van der Waals surface area contributed by atoms with E-state index in [2.05, 4.69) is 5.32 Å². The van der Waals surface area contributed by atoms with Gasteiger partial charge in [-0.05, 0) is 31.2 Å². The number of carbonyl (C=O) groups excluding carboxylic acids is 2. The number of likely N-dealkylation sites (N-methyl/N-ethyl adjacent to an activating group) is 1. The summed E-state index contributed by atoms with van der Waals surface area (Å²) in [6.07, 6.45) is 0. The van der Waals surface area contributed by atoms with Crippen LogP contribution in [0.5, 0.6) is 0 Å². The van der Waals surface area contributed by atoms with Crippen molar-refractivity contribution in [3.8, 4) is 0 Å². The van der Waals surface area contributed by atoms with Gasteiger partial charge in [0, 0.05) is 11.4 Å². The van der Waals surface area contributed by atoms with Crippen molar-refractivity contribution < 1.29 is 14.0 Å². The lowest BCUT2D eigenvalue weighted by molar-refractivity contribution is -0.132. The Morgan fingerprint density at radius 1 is 1.12 bits per heavy atom. The fraction of sp³-hybridized carbons (Fsp3) is 0.222. The molecule has 0 atom stereocenters. The summed E-state index contributed by atoms with van der Waals surface area (Å²) >= 11 is 13.1. The summed E-state index contributed by atoms with van der Waals surface area (Å²) in [6, 6.07) is 11.1. The number of anilines is 1. The first kappa shape index (κ1) is 20.6. The van der Waals surface area contributed by atoms with Crippen LogP contribution >= 0.6 is 35.0 Å². The van der Waals surface area contributed by atoms with Crippen molar-refractivity contribution in [2.24, 2.45) is 0 Å². The SMILES string of the molecule is CCN(CC(=O)Nc1c(Cl)cccc1Cl)C(=O)CSc1ccccc1F. The van der Waals surface area contributed by atoms with E-state index in [1.54, 1.807) is 43.3 Å². The van der Waals surface area contributed by atoms with Gasteiger partial charge in [0.1, 0.15) is 5.82 Å².